The molecule has 2 unspecified atom stereocenters. The minimum atomic E-state index is 0.340. The summed E-state index contributed by atoms with van der Waals surface area (Å²) in [6, 6.07) is 0.502. The van der Waals surface area contributed by atoms with Crippen molar-refractivity contribution in [2.45, 2.75) is 51.7 Å². The predicted molar refractivity (Wildman–Crippen MR) is 77.5 cm³/mol. The third-order valence-corrected chi connectivity index (χ3v) is 3.90. The van der Waals surface area contributed by atoms with Crippen molar-refractivity contribution in [1.82, 2.24) is 5.32 Å². The first-order valence-electron chi connectivity index (χ1n) is 7.44. The van der Waals surface area contributed by atoms with Gasteiger partial charge in [-0.25, -0.2) is 0 Å². The number of hydrogen-bond donors (Lipinski definition) is 1. The zero-order valence-electron chi connectivity index (χ0n) is 13.0. The molecule has 0 aliphatic heterocycles. The Bertz CT molecular complexity index is 233. The molecule has 0 heterocycles. The van der Waals surface area contributed by atoms with Gasteiger partial charge in [-0.1, -0.05) is 13.8 Å². The molecule has 0 aromatic heterocycles. The fourth-order valence-corrected chi connectivity index (χ4v) is 2.67. The van der Waals surface area contributed by atoms with Gasteiger partial charge in [-0.05, 0) is 38.1 Å². The smallest absolute Gasteiger partial charge is 0.0733 e. The topological polar surface area (TPSA) is 39.7 Å². The van der Waals surface area contributed by atoms with E-state index in [0.717, 1.165) is 26.1 Å². The van der Waals surface area contributed by atoms with Crippen LogP contribution in [0.2, 0.25) is 0 Å². The van der Waals surface area contributed by atoms with E-state index in [4.69, 9.17) is 14.2 Å². The molecule has 1 fully saturated rings. The van der Waals surface area contributed by atoms with Crippen LogP contribution in [0.4, 0.5) is 0 Å². The van der Waals surface area contributed by atoms with Crippen LogP contribution in [0, 0.1) is 5.41 Å². The van der Waals surface area contributed by atoms with Crippen LogP contribution in [-0.4, -0.2) is 52.7 Å². The van der Waals surface area contributed by atoms with E-state index in [0.29, 0.717) is 30.8 Å². The molecule has 1 aliphatic carbocycles. The van der Waals surface area contributed by atoms with Gasteiger partial charge < -0.3 is 19.5 Å². The van der Waals surface area contributed by atoms with Gasteiger partial charge in [0.15, 0.2) is 0 Å². The lowest BCUT2D eigenvalue weighted by atomic mass is 9.74. The molecule has 0 radical (unpaired) electrons. The van der Waals surface area contributed by atoms with Crippen LogP contribution in [0.3, 0.4) is 0 Å². The van der Waals surface area contributed by atoms with E-state index in [9.17, 15) is 0 Å². The Balaban J connectivity index is 2.15. The second-order valence-corrected chi connectivity index (χ2v) is 6.17. The second kappa shape index (κ2) is 8.90. The van der Waals surface area contributed by atoms with E-state index in [1.165, 1.54) is 12.8 Å². The van der Waals surface area contributed by atoms with Crippen LogP contribution in [0.15, 0.2) is 0 Å². The van der Waals surface area contributed by atoms with Crippen LogP contribution < -0.4 is 5.32 Å². The molecule has 0 amide bonds. The van der Waals surface area contributed by atoms with Crippen molar-refractivity contribution >= 4 is 0 Å². The van der Waals surface area contributed by atoms with Crippen molar-refractivity contribution in [2.24, 2.45) is 5.41 Å². The largest absolute Gasteiger partial charge is 0.382 e. The quantitative estimate of drug-likeness (QED) is 0.654. The number of nitrogens with one attached hydrogen (secondary N) is 1. The van der Waals surface area contributed by atoms with Crippen molar-refractivity contribution in [3.63, 3.8) is 0 Å². The molecule has 0 aromatic carbocycles. The average molecular weight is 273 g/mol. The predicted octanol–water partition coefficient (Wildman–Crippen LogP) is 2.22. The summed E-state index contributed by atoms with van der Waals surface area (Å²) in [5, 5.41) is 3.39. The Morgan fingerprint density at radius 2 is 1.95 bits per heavy atom. The summed E-state index contributed by atoms with van der Waals surface area (Å²) in [5.41, 5.74) is 0.410. The number of hydrogen-bond acceptors (Lipinski definition) is 4. The van der Waals surface area contributed by atoms with Gasteiger partial charge >= 0.3 is 0 Å². The van der Waals surface area contributed by atoms with Gasteiger partial charge in [0, 0.05) is 26.4 Å². The van der Waals surface area contributed by atoms with Crippen molar-refractivity contribution < 1.29 is 14.2 Å². The first-order chi connectivity index (χ1) is 9.09. The fourth-order valence-electron chi connectivity index (χ4n) is 2.67. The monoisotopic (exact) mass is 273 g/mol. The molecule has 1 saturated carbocycles. The maximum absolute atomic E-state index is 6.05. The number of ether oxygens (including phenoxy) is 3. The van der Waals surface area contributed by atoms with E-state index in [2.05, 4.69) is 19.2 Å². The van der Waals surface area contributed by atoms with Gasteiger partial charge in [-0.3, -0.25) is 0 Å². The fraction of sp³-hybridized carbons (Fsp3) is 1.00. The number of likely N-dealkylation sites (N-methyl/N-ethyl adjacent to an activating group) is 1. The van der Waals surface area contributed by atoms with Crippen LogP contribution in [0.1, 0.15) is 39.5 Å². The Morgan fingerprint density at radius 3 is 2.63 bits per heavy atom. The highest BCUT2D eigenvalue weighted by molar-refractivity contribution is 4.89. The Morgan fingerprint density at radius 1 is 1.16 bits per heavy atom. The molecular formula is C15H31NO3. The van der Waals surface area contributed by atoms with E-state index in [-0.39, 0.29) is 0 Å². The summed E-state index contributed by atoms with van der Waals surface area (Å²) in [5.74, 6) is 0. The normalized spacial score (nSPS) is 26.5. The highest BCUT2D eigenvalue weighted by Gasteiger charge is 2.34. The zero-order chi connectivity index (χ0) is 14.1. The highest BCUT2D eigenvalue weighted by Crippen LogP contribution is 2.36. The average Bonchev–Trinajstić information content (AvgIpc) is 2.37. The summed E-state index contributed by atoms with van der Waals surface area (Å²) < 4.78 is 16.4. The van der Waals surface area contributed by atoms with Gasteiger partial charge in [0.05, 0.1) is 19.3 Å². The van der Waals surface area contributed by atoms with Gasteiger partial charge in [-0.15, -0.1) is 0 Å². The summed E-state index contributed by atoms with van der Waals surface area (Å²) in [6.07, 6.45) is 4.92. The molecule has 114 valence electrons. The van der Waals surface area contributed by atoms with Crippen molar-refractivity contribution in [1.29, 1.82) is 0 Å². The lowest BCUT2D eigenvalue weighted by molar-refractivity contribution is -0.0346. The maximum atomic E-state index is 6.05. The SMILES string of the molecule is CNC1CCC(C)(C)CC1OCCCOCCOC. The van der Waals surface area contributed by atoms with Gasteiger partial charge in [0.25, 0.3) is 0 Å². The molecular weight excluding hydrogens is 242 g/mol. The minimum Gasteiger partial charge on any atom is -0.382 e. The number of methoxy groups -OCH3 is 1. The van der Waals surface area contributed by atoms with Gasteiger partial charge in [0.2, 0.25) is 0 Å². The van der Waals surface area contributed by atoms with Gasteiger partial charge in [0.1, 0.15) is 0 Å². The second-order valence-electron chi connectivity index (χ2n) is 6.17. The zero-order valence-corrected chi connectivity index (χ0v) is 13.0. The minimum absolute atomic E-state index is 0.340. The molecule has 1 rings (SSSR count). The van der Waals surface area contributed by atoms with Crippen LogP contribution in [-0.2, 0) is 14.2 Å². The third kappa shape index (κ3) is 6.70. The molecule has 4 heteroatoms. The number of rotatable bonds is 9. The van der Waals surface area contributed by atoms with E-state index < -0.39 is 0 Å². The molecule has 0 spiro atoms. The summed E-state index contributed by atoms with van der Waals surface area (Å²) in [4.78, 5) is 0. The molecule has 0 bridgehead atoms. The van der Waals surface area contributed by atoms with Crippen LogP contribution in [0.5, 0.6) is 0 Å². The Labute approximate surface area is 118 Å². The van der Waals surface area contributed by atoms with Crippen LogP contribution >= 0.6 is 0 Å². The Hall–Kier alpha value is -0.160. The lowest BCUT2D eigenvalue weighted by Gasteiger charge is -2.40. The molecule has 19 heavy (non-hydrogen) atoms. The summed E-state index contributed by atoms with van der Waals surface area (Å²) >= 11 is 0. The van der Waals surface area contributed by atoms with Crippen LogP contribution in [0.25, 0.3) is 0 Å². The lowest BCUT2D eigenvalue weighted by Crippen LogP contribution is -2.46. The molecule has 4 nitrogen and oxygen atoms in total. The van der Waals surface area contributed by atoms with E-state index in [1.807, 2.05) is 7.05 Å². The third-order valence-electron chi connectivity index (χ3n) is 3.90. The van der Waals surface area contributed by atoms with Gasteiger partial charge in [-0.2, -0.15) is 0 Å². The van der Waals surface area contributed by atoms with Crippen molar-refractivity contribution in [3.8, 4) is 0 Å². The first kappa shape index (κ1) is 16.9. The Kier molecular flexibility index (Phi) is 7.91. The standard InChI is InChI=1S/C15H31NO3/c1-15(2)7-6-13(16-3)14(12-15)19-9-5-8-18-11-10-17-4/h13-14,16H,5-12H2,1-4H3. The molecule has 1 N–H and O–H groups in total. The maximum Gasteiger partial charge on any atom is 0.0733 e. The highest BCUT2D eigenvalue weighted by atomic mass is 16.5. The van der Waals surface area contributed by atoms with E-state index in [1.54, 1.807) is 7.11 Å². The molecule has 1 aliphatic rings. The molecule has 0 aromatic rings. The summed E-state index contributed by atoms with van der Waals surface area (Å²) in [7, 11) is 3.72. The molecule has 2 atom stereocenters. The van der Waals surface area contributed by atoms with Crippen molar-refractivity contribution in [3.05, 3.63) is 0 Å². The van der Waals surface area contributed by atoms with Crippen molar-refractivity contribution in [2.75, 3.05) is 40.6 Å². The summed E-state index contributed by atoms with van der Waals surface area (Å²) in [6.45, 7) is 7.55. The first-order valence-corrected chi connectivity index (χ1v) is 7.44. The molecule has 0 saturated heterocycles. The van der Waals surface area contributed by atoms with E-state index >= 15 is 0 Å².